The Hall–Kier alpha value is -4.21. The molecule has 2 nitrogen and oxygen atoms in total. The van der Waals surface area contributed by atoms with Crippen molar-refractivity contribution in [2.75, 3.05) is 0 Å². The Kier molecular flexibility index (Phi) is 5.30. The molecule has 0 bridgehead atoms. The van der Waals surface area contributed by atoms with E-state index in [2.05, 4.69) is 141 Å². The van der Waals surface area contributed by atoms with Gasteiger partial charge in [-0.25, -0.2) is 4.57 Å². The van der Waals surface area contributed by atoms with E-state index >= 15 is 0 Å². The number of nitrogens with zero attached hydrogens (tertiary/aromatic N) is 1. The van der Waals surface area contributed by atoms with Crippen LogP contribution >= 0.6 is 0 Å². The summed E-state index contributed by atoms with van der Waals surface area (Å²) in [5.41, 5.74) is 7.88. The Balaban J connectivity index is 1.48. The molecule has 0 unspecified atom stereocenters. The number of furan rings is 1. The van der Waals surface area contributed by atoms with Crippen LogP contribution in [-0.4, -0.2) is 8.07 Å². The molecule has 2 aromatic heterocycles. The van der Waals surface area contributed by atoms with Crippen molar-refractivity contribution in [3.8, 4) is 22.4 Å². The van der Waals surface area contributed by atoms with Crippen molar-refractivity contribution in [1.29, 1.82) is 0 Å². The second-order valence-corrected chi connectivity index (χ2v) is 16.9. The fourth-order valence-corrected chi connectivity index (χ4v) is 7.13. The predicted molar refractivity (Wildman–Crippen MR) is 168 cm³/mol. The standard InChI is InChI=1S/C36H32NOSi/c1-23-10-18-30-31-19-15-26-12-11-25-8-6-7-9-29(25)34(26)36(31)38-35(30)33(23)32-22-27(20-21-37(32)2)24-13-16-28(17-14-24)39(3,4)5/h6-22H,1-5H3/q+1. The number of fused-ring (bicyclic) bond motifs is 7. The number of aromatic nitrogens is 1. The van der Waals surface area contributed by atoms with Crippen molar-refractivity contribution in [3.05, 3.63) is 109 Å². The van der Waals surface area contributed by atoms with E-state index in [1.54, 1.807) is 0 Å². The third-order valence-corrected chi connectivity index (χ3v) is 10.3. The summed E-state index contributed by atoms with van der Waals surface area (Å²) in [6.07, 6.45) is 2.17. The topological polar surface area (TPSA) is 17.0 Å². The zero-order valence-corrected chi connectivity index (χ0v) is 24.2. The molecule has 7 aromatic rings. The summed E-state index contributed by atoms with van der Waals surface area (Å²) in [5.74, 6) is 0. The van der Waals surface area contributed by atoms with E-state index in [1.165, 1.54) is 43.4 Å². The average molecular weight is 523 g/mol. The lowest BCUT2D eigenvalue weighted by Gasteiger charge is -2.16. The van der Waals surface area contributed by atoms with Crippen LogP contribution in [0, 0.1) is 6.92 Å². The lowest BCUT2D eigenvalue weighted by molar-refractivity contribution is -0.660. The molecule has 0 radical (unpaired) electrons. The van der Waals surface area contributed by atoms with Crippen LogP contribution in [0.15, 0.2) is 108 Å². The van der Waals surface area contributed by atoms with Gasteiger partial charge in [0.15, 0.2) is 6.20 Å². The molecule has 0 saturated carbocycles. The van der Waals surface area contributed by atoms with Gasteiger partial charge in [-0.2, -0.15) is 0 Å². The van der Waals surface area contributed by atoms with E-state index in [9.17, 15) is 0 Å². The van der Waals surface area contributed by atoms with Crippen molar-refractivity contribution >= 4 is 56.7 Å². The van der Waals surface area contributed by atoms with Gasteiger partial charge in [-0.1, -0.05) is 104 Å². The maximum absolute atomic E-state index is 6.89. The first-order chi connectivity index (χ1) is 18.8. The Morgan fingerprint density at radius 2 is 1.33 bits per heavy atom. The summed E-state index contributed by atoms with van der Waals surface area (Å²) in [5, 5.41) is 8.65. The van der Waals surface area contributed by atoms with Gasteiger partial charge in [-0.3, -0.25) is 0 Å². The zero-order valence-electron chi connectivity index (χ0n) is 23.2. The fraction of sp³-hybridized carbons (Fsp3) is 0.139. The average Bonchev–Trinajstić information content (AvgIpc) is 3.31. The molecule has 0 fully saturated rings. The van der Waals surface area contributed by atoms with Crippen LogP contribution in [0.25, 0.3) is 65.9 Å². The SMILES string of the molecule is Cc1ccc2c(oc3c2ccc2ccc4ccccc4c23)c1-c1cc(-c2ccc([Si](C)(C)C)cc2)cc[n+]1C. The van der Waals surface area contributed by atoms with E-state index in [1.807, 2.05) is 0 Å². The maximum Gasteiger partial charge on any atom is 0.216 e. The molecule has 0 atom stereocenters. The minimum absolute atomic E-state index is 0.951. The predicted octanol–water partition coefficient (Wildman–Crippen LogP) is 8.90. The molecule has 0 aliphatic heterocycles. The van der Waals surface area contributed by atoms with Gasteiger partial charge in [0, 0.05) is 28.3 Å². The molecule has 190 valence electrons. The molecular weight excluding hydrogens is 490 g/mol. The summed E-state index contributed by atoms with van der Waals surface area (Å²) in [7, 11) is 0.785. The lowest BCUT2D eigenvalue weighted by Crippen LogP contribution is -2.37. The van der Waals surface area contributed by atoms with Crippen LogP contribution in [0.3, 0.4) is 0 Å². The summed E-state index contributed by atoms with van der Waals surface area (Å²) >= 11 is 0. The van der Waals surface area contributed by atoms with Crippen LogP contribution < -0.4 is 9.75 Å². The largest absolute Gasteiger partial charge is 0.454 e. The van der Waals surface area contributed by atoms with Gasteiger partial charge in [0.1, 0.15) is 18.2 Å². The zero-order chi connectivity index (χ0) is 26.9. The van der Waals surface area contributed by atoms with Gasteiger partial charge in [0.2, 0.25) is 5.69 Å². The van der Waals surface area contributed by atoms with E-state index in [4.69, 9.17) is 4.42 Å². The number of hydrogen-bond acceptors (Lipinski definition) is 1. The Labute approximate surface area is 230 Å². The van der Waals surface area contributed by atoms with Gasteiger partial charge in [0.05, 0.1) is 13.6 Å². The van der Waals surface area contributed by atoms with Crippen LogP contribution in [0.1, 0.15) is 5.56 Å². The molecule has 0 saturated heterocycles. The molecule has 3 heteroatoms. The first-order valence-corrected chi connectivity index (χ1v) is 17.2. The quantitative estimate of drug-likeness (QED) is 0.129. The molecule has 5 aromatic carbocycles. The number of aryl methyl sites for hydroxylation is 2. The van der Waals surface area contributed by atoms with E-state index in [0.29, 0.717) is 0 Å². The van der Waals surface area contributed by atoms with E-state index in [-0.39, 0.29) is 0 Å². The van der Waals surface area contributed by atoms with Gasteiger partial charge in [-0.05, 0) is 45.8 Å². The fourth-order valence-electron chi connectivity index (χ4n) is 5.96. The van der Waals surface area contributed by atoms with Crippen LogP contribution in [0.4, 0.5) is 0 Å². The van der Waals surface area contributed by atoms with Crippen molar-refractivity contribution in [1.82, 2.24) is 0 Å². The Bertz CT molecular complexity index is 2060. The molecular formula is C36H32NOSi+. The lowest BCUT2D eigenvalue weighted by atomic mass is 9.97. The van der Waals surface area contributed by atoms with Crippen molar-refractivity contribution in [2.45, 2.75) is 26.6 Å². The molecule has 0 aliphatic rings. The minimum atomic E-state index is -1.34. The summed E-state index contributed by atoms with van der Waals surface area (Å²) in [6.45, 7) is 9.37. The summed E-state index contributed by atoms with van der Waals surface area (Å²) in [6, 6.07) is 35.6. The highest BCUT2D eigenvalue weighted by molar-refractivity contribution is 6.88. The van der Waals surface area contributed by atoms with Crippen LogP contribution in [0.5, 0.6) is 0 Å². The van der Waals surface area contributed by atoms with Crippen LogP contribution in [-0.2, 0) is 7.05 Å². The Morgan fingerprint density at radius 3 is 2.13 bits per heavy atom. The van der Waals surface area contributed by atoms with Gasteiger partial charge < -0.3 is 4.42 Å². The van der Waals surface area contributed by atoms with Crippen molar-refractivity contribution < 1.29 is 8.98 Å². The smallest absolute Gasteiger partial charge is 0.216 e. The molecule has 7 rings (SSSR count). The summed E-state index contributed by atoms with van der Waals surface area (Å²) in [4.78, 5) is 0. The molecule has 39 heavy (non-hydrogen) atoms. The molecule has 2 heterocycles. The number of rotatable bonds is 3. The van der Waals surface area contributed by atoms with Gasteiger partial charge in [0.25, 0.3) is 0 Å². The van der Waals surface area contributed by atoms with Gasteiger partial charge >= 0.3 is 0 Å². The van der Waals surface area contributed by atoms with E-state index < -0.39 is 8.07 Å². The number of hydrogen-bond donors (Lipinski definition) is 0. The van der Waals surface area contributed by atoms with Gasteiger partial charge in [-0.15, -0.1) is 0 Å². The monoisotopic (exact) mass is 522 g/mol. The molecule has 0 spiro atoms. The number of benzene rings is 5. The first-order valence-electron chi connectivity index (χ1n) is 13.7. The Morgan fingerprint density at radius 1 is 0.641 bits per heavy atom. The second-order valence-electron chi connectivity index (χ2n) is 11.8. The van der Waals surface area contributed by atoms with E-state index in [0.717, 1.165) is 33.2 Å². The highest BCUT2D eigenvalue weighted by Crippen LogP contribution is 2.41. The third kappa shape index (κ3) is 3.80. The molecule has 0 aliphatic carbocycles. The van der Waals surface area contributed by atoms with Crippen molar-refractivity contribution in [2.24, 2.45) is 7.05 Å². The highest BCUT2D eigenvalue weighted by atomic mass is 28.3. The maximum atomic E-state index is 6.89. The third-order valence-electron chi connectivity index (χ3n) is 8.21. The highest BCUT2D eigenvalue weighted by Gasteiger charge is 2.23. The molecule has 0 N–H and O–H groups in total. The minimum Gasteiger partial charge on any atom is -0.454 e. The summed E-state index contributed by atoms with van der Waals surface area (Å²) < 4.78 is 9.10. The van der Waals surface area contributed by atoms with Crippen molar-refractivity contribution in [3.63, 3.8) is 0 Å². The second kappa shape index (κ2) is 8.65. The first kappa shape index (κ1) is 23.9. The normalized spacial score (nSPS) is 12.2. The molecule has 0 amide bonds. The number of pyridine rings is 1. The van der Waals surface area contributed by atoms with Crippen LogP contribution in [0.2, 0.25) is 19.6 Å².